The minimum atomic E-state index is -3.82. The summed E-state index contributed by atoms with van der Waals surface area (Å²) in [6.07, 6.45) is 3.33. The highest BCUT2D eigenvalue weighted by Crippen LogP contribution is 2.39. The third kappa shape index (κ3) is 5.31. The van der Waals surface area contributed by atoms with Gasteiger partial charge in [-0.1, -0.05) is 47.2 Å². The fourth-order valence-corrected chi connectivity index (χ4v) is 6.43. The topological polar surface area (TPSA) is 92.7 Å². The van der Waals surface area contributed by atoms with Crippen LogP contribution in [0.2, 0.25) is 5.02 Å². The Hall–Kier alpha value is -3.99. The second kappa shape index (κ2) is 11.0. The Bertz CT molecular complexity index is 1730. The maximum atomic E-state index is 13.8. The first-order chi connectivity index (χ1) is 18.8. The van der Waals surface area contributed by atoms with Crippen molar-refractivity contribution >= 4 is 59.9 Å². The van der Waals surface area contributed by atoms with E-state index in [-0.39, 0.29) is 17.3 Å². The van der Waals surface area contributed by atoms with Crippen LogP contribution in [0, 0.1) is 0 Å². The molecule has 0 saturated carbocycles. The smallest absolute Gasteiger partial charge is 0.264 e. The summed E-state index contributed by atoms with van der Waals surface area (Å²) in [5, 5.41) is 0.922. The standard InChI is InChI=1S/C28H23ClN4O4S2/c1-32(21-8-4-3-5-9-21)39(35,36)22-12-10-20(11-13-22)27(34)33(18-19-7-6-16-30-17-19)28-31-25-24(37-2)15-14-23(29)26(25)38-28/h3-17H,18H2,1-2H3. The average Bonchev–Trinajstić information content (AvgIpc) is 3.43. The first kappa shape index (κ1) is 26.6. The summed E-state index contributed by atoms with van der Waals surface area (Å²) in [5.41, 5.74) is 2.19. The molecular formula is C28H23ClN4O4S2. The van der Waals surface area contributed by atoms with E-state index >= 15 is 0 Å². The van der Waals surface area contributed by atoms with Gasteiger partial charge in [-0.3, -0.25) is 19.0 Å². The number of sulfonamides is 1. The first-order valence-corrected chi connectivity index (χ1v) is 14.4. The lowest BCUT2D eigenvalue weighted by Crippen LogP contribution is -2.30. The van der Waals surface area contributed by atoms with Gasteiger partial charge in [-0.05, 0) is 60.2 Å². The van der Waals surface area contributed by atoms with E-state index in [4.69, 9.17) is 21.3 Å². The Morgan fingerprint density at radius 1 is 1.00 bits per heavy atom. The summed E-state index contributed by atoms with van der Waals surface area (Å²) in [6, 6.07) is 21.8. The predicted molar refractivity (Wildman–Crippen MR) is 154 cm³/mol. The van der Waals surface area contributed by atoms with Gasteiger partial charge in [0.15, 0.2) is 5.13 Å². The SMILES string of the molecule is COc1ccc(Cl)c2sc(N(Cc3cccnc3)C(=O)c3ccc(S(=O)(=O)N(C)c4ccccc4)cc3)nc12. The number of amides is 1. The lowest BCUT2D eigenvalue weighted by atomic mass is 10.2. The van der Waals surface area contributed by atoms with Crippen molar-refractivity contribution in [3.05, 3.63) is 107 Å². The van der Waals surface area contributed by atoms with Gasteiger partial charge in [0.05, 0.1) is 34.0 Å². The molecule has 11 heteroatoms. The number of benzene rings is 3. The summed E-state index contributed by atoms with van der Waals surface area (Å²) in [6.45, 7) is 0.198. The molecule has 5 aromatic rings. The molecule has 0 spiro atoms. The van der Waals surface area contributed by atoms with E-state index in [0.717, 1.165) is 5.56 Å². The molecule has 0 atom stereocenters. The number of thiazole rings is 1. The lowest BCUT2D eigenvalue weighted by Gasteiger charge is -2.21. The van der Waals surface area contributed by atoms with Gasteiger partial charge in [0.2, 0.25) is 0 Å². The van der Waals surface area contributed by atoms with Crippen LogP contribution >= 0.6 is 22.9 Å². The predicted octanol–water partition coefficient (Wildman–Crippen LogP) is 6.03. The number of anilines is 2. The molecule has 0 saturated heterocycles. The van der Waals surface area contributed by atoms with E-state index in [9.17, 15) is 13.2 Å². The molecule has 0 aliphatic heterocycles. The Morgan fingerprint density at radius 3 is 2.41 bits per heavy atom. The van der Waals surface area contributed by atoms with E-state index in [1.807, 2.05) is 12.1 Å². The van der Waals surface area contributed by atoms with Crippen molar-refractivity contribution in [2.24, 2.45) is 0 Å². The van der Waals surface area contributed by atoms with Crippen LogP contribution in [0.3, 0.4) is 0 Å². The van der Waals surface area contributed by atoms with Gasteiger partial charge in [0.25, 0.3) is 15.9 Å². The number of nitrogens with zero attached hydrogens (tertiary/aromatic N) is 4. The lowest BCUT2D eigenvalue weighted by molar-refractivity contribution is 0.0985. The van der Waals surface area contributed by atoms with Crippen LogP contribution < -0.4 is 13.9 Å². The zero-order valence-electron chi connectivity index (χ0n) is 21.0. The van der Waals surface area contributed by atoms with Gasteiger partial charge in [-0.15, -0.1) is 0 Å². The summed E-state index contributed by atoms with van der Waals surface area (Å²) in [7, 11) is -0.785. The molecule has 2 aromatic heterocycles. The highest BCUT2D eigenvalue weighted by molar-refractivity contribution is 7.92. The summed E-state index contributed by atoms with van der Waals surface area (Å²) in [5.74, 6) is 0.191. The van der Waals surface area contributed by atoms with Crippen molar-refractivity contribution in [1.29, 1.82) is 0 Å². The number of ether oxygens (including phenoxy) is 1. The Labute approximate surface area is 235 Å². The van der Waals surface area contributed by atoms with Gasteiger partial charge in [0, 0.05) is 25.0 Å². The number of rotatable bonds is 8. The van der Waals surface area contributed by atoms with Crippen molar-refractivity contribution in [2.45, 2.75) is 11.4 Å². The normalized spacial score (nSPS) is 11.4. The second-order valence-electron chi connectivity index (χ2n) is 8.51. The van der Waals surface area contributed by atoms with Crippen molar-refractivity contribution in [3.63, 3.8) is 0 Å². The number of methoxy groups -OCH3 is 1. The van der Waals surface area contributed by atoms with Gasteiger partial charge in [-0.25, -0.2) is 13.4 Å². The summed E-state index contributed by atoms with van der Waals surface area (Å²) < 4.78 is 33.7. The fraction of sp³-hybridized carbons (Fsp3) is 0.107. The molecule has 39 heavy (non-hydrogen) atoms. The number of hydrogen-bond donors (Lipinski definition) is 0. The Morgan fingerprint density at radius 2 is 1.74 bits per heavy atom. The van der Waals surface area contributed by atoms with Crippen molar-refractivity contribution in [2.75, 3.05) is 23.4 Å². The Balaban J connectivity index is 1.51. The highest BCUT2D eigenvalue weighted by atomic mass is 35.5. The van der Waals surface area contributed by atoms with Gasteiger partial charge < -0.3 is 4.74 Å². The van der Waals surface area contributed by atoms with E-state index in [2.05, 4.69) is 4.98 Å². The largest absolute Gasteiger partial charge is 0.494 e. The third-order valence-corrected chi connectivity index (χ3v) is 9.42. The zero-order chi connectivity index (χ0) is 27.6. The number of pyridine rings is 1. The van der Waals surface area contributed by atoms with E-state index in [1.54, 1.807) is 62.0 Å². The quantitative estimate of drug-likeness (QED) is 0.223. The minimum Gasteiger partial charge on any atom is -0.494 e. The number of para-hydroxylation sites is 1. The molecule has 198 valence electrons. The van der Waals surface area contributed by atoms with E-state index in [0.29, 0.717) is 37.4 Å². The van der Waals surface area contributed by atoms with Crippen LogP contribution in [-0.2, 0) is 16.6 Å². The molecular weight excluding hydrogens is 556 g/mol. The van der Waals surface area contributed by atoms with Crippen LogP contribution in [0.1, 0.15) is 15.9 Å². The fourth-order valence-electron chi connectivity index (χ4n) is 3.98. The monoisotopic (exact) mass is 578 g/mol. The second-order valence-corrected chi connectivity index (χ2v) is 11.9. The molecule has 0 unspecified atom stereocenters. The third-order valence-electron chi connectivity index (χ3n) is 6.09. The molecule has 0 N–H and O–H groups in total. The number of halogens is 1. The maximum Gasteiger partial charge on any atom is 0.264 e. The van der Waals surface area contributed by atoms with Crippen molar-refractivity contribution in [1.82, 2.24) is 9.97 Å². The first-order valence-electron chi connectivity index (χ1n) is 11.8. The molecule has 3 aromatic carbocycles. The molecule has 8 nitrogen and oxygen atoms in total. The van der Waals surface area contributed by atoms with Crippen LogP contribution in [0.5, 0.6) is 5.75 Å². The average molecular weight is 579 g/mol. The molecule has 0 aliphatic rings. The van der Waals surface area contributed by atoms with Crippen LogP contribution in [0.15, 0.2) is 96.2 Å². The molecule has 5 rings (SSSR count). The van der Waals surface area contributed by atoms with E-state index < -0.39 is 10.0 Å². The highest BCUT2D eigenvalue weighted by Gasteiger charge is 2.26. The summed E-state index contributed by atoms with van der Waals surface area (Å²) in [4.78, 5) is 24.3. The van der Waals surface area contributed by atoms with Crippen molar-refractivity contribution in [3.8, 4) is 5.75 Å². The molecule has 0 radical (unpaired) electrons. The van der Waals surface area contributed by atoms with Gasteiger partial charge in [-0.2, -0.15) is 0 Å². The number of carbonyl (C=O) groups excluding carboxylic acids is 1. The number of hydrogen-bond acceptors (Lipinski definition) is 7. The molecule has 0 bridgehead atoms. The molecule has 0 fully saturated rings. The number of carbonyl (C=O) groups is 1. The minimum absolute atomic E-state index is 0.0701. The molecule has 2 heterocycles. The van der Waals surface area contributed by atoms with Crippen LogP contribution in [-0.4, -0.2) is 38.5 Å². The summed E-state index contributed by atoms with van der Waals surface area (Å²) >= 11 is 7.70. The number of aromatic nitrogens is 2. The number of fused-ring (bicyclic) bond motifs is 1. The van der Waals surface area contributed by atoms with Crippen LogP contribution in [0.4, 0.5) is 10.8 Å². The Kier molecular flexibility index (Phi) is 7.51. The van der Waals surface area contributed by atoms with Gasteiger partial charge in [0.1, 0.15) is 11.3 Å². The molecule has 1 amide bonds. The van der Waals surface area contributed by atoms with E-state index in [1.165, 1.54) is 51.9 Å². The molecule has 0 aliphatic carbocycles. The van der Waals surface area contributed by atoms with Gasteiger partial charge >= 0.3 is 0 Å². The van der Waals surface area contributed by atoms with Crippen molar-refractivity contribution < 1.29 is 17.9 Å². The van der Waals surface area contributed by atoms with Crippen LogP contribution in [0.25, 0.3) is 10.2 Å². The zero-order valence-corrected chi connectivity index (χ0v) is 23.4. The maximum absolute atomic E-state index is 13.8.